The summed E-state index contributed by atoms with van der Waals surface area (Å²) < 4.78 is 153. The molecule has 1 spiro atoms. The summed E-state index contributed by atoms with van der Waals surface area (Å²) in [6, 6.07) is 9.11. The minimum atomic E-state index is -1.72. The molecule has 0 saturated carbocycles. The summed E-state index contributed by atoms with van der Waals surface area (Å²) in [4.78, 5) is 0. The van der Waals surface area contributed by atoms with Crippen molar-refractivity contribution in [1.82, 2.24) is 0 Å². The standard InChI is InChI=1S/C45H26O/c1-3-17-37-31(13-1)33-23-21-30(29-22-24-41-36(25-29)35-16-6-10-28-12-8-20-42(46-41)44(28)35)26-40(33)45(37)38-18-4-2-14-32(38)34-15-5-9-27-11-7-19-39(45)43(27)34/h1-26H/i1D,3D,6D,8D,10D,12D,13D,16D,17D,20D,21D,22D,23D,24D,25D,26D. The van der Waals surface area contributed by atoms with Crippen LogP contribution >= 0.6 is 0 Å². The van der Waals surface area contributed by atoms with E-state index in [0.29, 0.717) is 16.7 Å². The monoisotopic (exact) mass is 598 g/mol. The summed E-state index contributed by atoms with van der Waals surface area (Å²) >= 11 is 0. The Morgan fingerprint density at radius 3 is 2.11 bits per heavy atom. The van der Waals surface area contributed by atoms with Gasteiger partial charge in [0.2, 0.25) is 0 Å². The number of rotatable bonds is 1. The molecule has 8 aromatic carbocycles. The van der Waals surface area contributed by atoms with Crippen molar-refractivity contribution in [3.63, 3.8) is 0 Å². The molecule has 1 aliphatic heterocycles. The van der Waals surface area contributed by atoms with E-state index in [2.05, 4.69) is 0 Å². The van der Waals surface area contributed by atoms with Gasteiger partial charge in [-0.3, -0.25) is 0 Å². The van der Waals surface area contributed by atoms with Gasteiger partial charge in [-0.25, -0.2) is 0 Å². The van der Waals surface area contributed by atoms with Crippen LogP contribution in [0.5, 0.6) is 11.5 Å². The zero-order valence-electron chi connectivity index (χ0n) is 39.7. The Balaban J connectivity index is 1.34. The van der Waals surface area contributed by atoms with E-state index in [9.17, 15) is 11.0 Å². The van der Waals surface area contributed by atoms with Crippen LogP contribution < -0.4 is 4.74 Å². The molecule has 1 heterocycles. The lowest BCUT2D eigenvalue weighted by Crippen LogP contribution is -2.31. The second-order valence-corrected chi connectivity index (χ2v) is 11.5. The van der Waals surface area contributed by atoms with Crippen LogP contribution in [0, 0.1) is 0 Å². The van der Waals surface area contributed by atoms with E-state index in [1.807, 2.05) is 48.5 Å². The minimum Gasteiger partial charge on any atom is -0.456 e. The Morgan fingerprint density at radius 1 is 0.413 bits per heavy atom. The maximum Gasteiger partial charge on any atom is 0.135 e. The highest BCUT2D eigenvalue weighted by atomic mass is 16.5. The van der Waals surface area contributed by atoms with Gasteiger partial charge in [0.1, 0.15) is 11.5 Å². The Hall–Kier alpha value is -5.92. The van der Waals surface area contributed by atoms with Crippen molar-refractivity contribution in [1.29, 1.82) is 0 Å². The molecule has 0 aromatic heterocycles. The molecule has 0 N–H and O–H groups in total. The summed E-state index contributed by atoms with van der Waals surface area (Å²) in [5.41, 5.74) is -0.691. The van der Waals surface area contributed by atoms with E-state index in [1.165, 1.54) is 0 Å². The summed E-state index contributed by atoms with van der Waals surface area (Å²) in [5.74, 6) is -0.861. The van der Waals surface area contributed by atoms with Crippen LogP contribution in [-0.2, 0) is 5.41 Å². The Kier molecular flexibility index (Phi) is 2.63. The first-order chi connectivity index (χ1) is 29.5. The highest BCUT2D eigenvalue weighted by Crippen LogP contribution is 2.62. The zero-order chi connectivity index (χ0) is 43.9. The predicted octanol–water partition coefficient (Wildman–Crippen LogP) is 11.8. The first-order valence-electron chi connectivity index (χ1n) is 22.7. The topological polar surface area (TPSA) is 9.23 Å². The number of benzene rings is 8. The first-order valence-corrected chi connectivity index (χ1v) is 14.7. The van der Waals surface area contributed by atoms with Crippen LogP contribution in [0.3, 0.4) is 0 Å². The molecule has 8 aromatic rings. The van der Waals surface area contributed by atoms with Crippen molar-refractivity contribution in [2.24, 2.45) is 0 Å². The van der Waals surface area contributed by atoms with Crippen molar-refractivity contribution in [2.75, 3.05) is 0 Å². The van der Waals surface area contributed by atoms with Crippen LogP contribution in [0.25, 0.3) is 66.1 Å². The fourth-order valence-electron chi connectivity index (χ4n) is 7.59. The summed E-state index contributed by atoms with van der Waals surface area (Å²) in [5, 5.41) is 1.06. The van der Waals surface area contributed by atoms with E-state index in [1.54, 1.807) is 12.1 Å². The van der Waals surface area contributed by atoms with Crippen LogP contribution in [0.2, 0.25) is 0 Å². The number of fused-ring (bicyclic) bond motifs is 11. The van der Waals surface area contributed by atoms with E-state index in [4.69, 9.17) is 15.7 Å². The van der Waals surface area contributed by atoms with Crippen LogP contribution in [-0.4, -0.2) is 0 Å². The Labute approximate surface area is 289 Å². The van der Waals surface area contributed by atoms with Gasteiger partial charge >= 0.3 is 0 Å². The fourth-order valence-corrected chi connectivity index (χ4v) is 7.59. The van der Waals surface area contributed by atoms with Crippen molar-refractivity contribution >= 4 is 21.5 Å². The molecule has 2 aliphatic carbocycles. The van der Waals surface area contributed by atoms with Crippen LogP contribution in [0.15, 0.2) is 157 Å². The molecule has 46 heavy (non-hydrogen) atoms. The van der Waals surface area contributed by atoms with Crippen LogP contribution in [0.1, 0.15) is 44.2 Å². The average Bonchev–Trinajstić information content (AvgIpc) is 3.59. The summed E-state index contributed by atoms with van der Waals surface area (Å²) in [6.45, 7) is 0. The number of hydrogen-bond donors (Lipinski definition) is 0. The molecule has 0 saturated heterocycles. The highest BCUT2D eigenvalue weighted by molar-refractivity contribution is 6.07. The third kappa shape index (κ3) is 2.91. The molecule has 1 unspecified atom stereocenters. The molecule has 0 radical (unpaired) electrons. The molecule has 0 bridgehead atoms. The van der Waals surface area contributed by atoms with E-state index >= 15 is 0 Å². The average molecular weight is 599 g/mol. The zero-order valence-corrected chi connectivity index (χ0v) is 23.7. The van der Waals surface area contributed by atoms with Gasteiger partial charge in [-0.15, -0.1) is 0 Å². The molecule has 1 atom stereocenters. The lowest BCUT2D eigenvalue weighted by atomic mass is 9.61. The second kappa shape index (κ2) is 8.62. The normalized spacial score (nSPS) is 21.0. The van der Waals surface area contributed by atoms with E-state index < -0.39 is 119 Å². The molecule has 3 aliphatic rings. The van der Waals surface area contributed by atoms with Gasteiger partial charge in [0.05, 0.1) is 27.3 Å². The van der Waals surface area contributed by atoms with Gasteiger partial charge in [-0.2, -0.15) is 0 Å². The Morgan fingerprint density at radius 2 is 1.15 bits per heavy atom. The van der Waals surface area contributed by atoms with Crippen LogP contribution in [0.4, 0.5) is 0 Å². The smallest absolute Gasteiger partial charge is 0.135 e. The van der Waals surface area contributed by atoms with Gasteiger partial charge in [-0.05, 0) is 102 Å². The lowest BCUT2D eigenvalue weighted by Gasteiger charge is -2.40. The maximum atomic E-state index is 10.3. The molecule has 11 rings (SSSR count). The molecular weight excluding hydrogens is 556 g/mol. The molecule has 1 heteroatoms. The summed E-state index contributed by atoms with van der Waals surface area (Å²) in [6.07, 6.45) is 0. The molecule has 1 nitrogen and oxygen atoms in total. The van der Waals surface area contributed by atoms with Crippen molar-refractivity contribution in [3.8, 4) is 56.0 Å². The number of ether oxygens (including phenoxy) is 1. The molecule has 212 valence electrons. The fraction of sp³-hybridized carbons (Fsp3) is 0.0222. The van der Waals surface area contributed by atoms with E-state index in [-0.39, 0.29) is 49.9 Å². The second-order valence-electron chi connectivity index (χ2n) is 11.5. The quantitative estimate of drug-likeness (QED) is 0.183. The molecular formula is C45H26O. The van der Waals surface area contributed by atoms with Gasteiger partial charge < -0.3 is 4.74 Å². The van der Waals surface area contributed by atoms with E-state index in [0.717, 1.165) is 16.3 Å². The third-order valence-corrected chi connectivity index (χ3v) is 9.38. The van der Waals surface area contributed by atoms with Crippen molar-refractivity contribution < 1.29 is 26.7 Å². The minimum absolute atomic E-state index is 0.0193. The largest absolute Gasteiger partial charge is 0.456 e. The first kappa shape index (κ1) is 14.0. The summed E-state index contributed by atoms with van der Waals surface area (Å²) in [7, 11) is 0. The SMILES string of the molecule is [2H]c1c([2H])c([2H])c2c(c1[2H])-c1c([2H])c([2H])c(-c3c([2H])c([2H])c4c(c3[2H])-c3c([2H])c([2H])c([2H])c5c([2H])c([2H])c([2H])c(c35)O4)c([2H])c1C21c2ccccc2-c2cccc3cccc1c23. The number of hydrogen-bond acceptors (Lipinski definition) is 1. The van der Waals surface area contributed by atoms with Crippen molar-refractivity contribution in [2.45, 2.75) is 5.41 Å². The highest BCUT2D eigenvalue weighted by Gasteiger charge is 2.50. The molecule has 0 fully saturated rings. The van der Waals surface area contributed by atoms with Gasteiger partial charge in [0, 0.05) is 10.9 Å². The predicted molar refractivity (Wildman–Crippen MR) is 189 cm³/mol. The van der Waals surface area contributed by atoms with Gasteiger partial charge in [0.15, 0.2) is 0 Å². The Bertz CT molecular complexity index is 3510. The lowest BCUT2D eigenvalue weighted by molar-refractivity contribution is 0.487. The molecule has 0 amide bonds. The third-order valence-electron chi connectivity index (χ3n) is 9.38. The van der Waals surface area contributed by atoms with Gasteiger partial charge in [0.25, 0.3) is 0 Å². The van der Waals surface area contributed by atoms with Gasteiger partial charge in [-0.1, -0.05) is 133 Å². The maximum absolute atomic E-state index is 10.3. The van der Waals surface area contributed by atoms with Crippen molar-refractivity contribution in [3.05, 3.63) is 180 Å².